The van der Waals surface area contributed by atoms with Gasteiger partial charge in [0.25, 0.3) is 0 Å². The Morgan fingerprint density at radius 1 is 1.25 bits per heavy atom. The zero-order chi connectivity index (χ0) is 17.3. The van der Waals surface area contributed by atoms with Gasteiger partial charge in [0.2, 0.25) is 0 Å². The zero-order valence-corrected chi connectivity index (χ0v) is 12.7. The molecule has 4 nitrogen and oxygen atoms in total. The number of carbonyl (C=O) groups is 1. The van der Waals surface area contributed by atoms with Crippen LogP contribution >= 0.6 is 0 Å². The smallest absolute Gasteiger partial charge is 0.416 e. The molecule has 0 aliphatic rings. The van der Waals surface area contributed by atoms with Crippen LogP contribution in [0, 0.1) is 0 Å². The van der Waals surface area contributed by atoms with Crippen molar-refractivity contribution in [2.45, 2.75) is 13.1 Å². The third-order valence-corrected chi connectivity index (χ3v) is 3.46. The van der Waals surface area contributed by atoms with Crippen molar-refractivity contribution in [3.63, 3.8) is 0 Å². The lowest BCUT2D eigenvalue weighted by Gasteiger charge is -2.07. The molecule has 0 radical (unpaired) electrons. The van der Waals surface area contributed by atoms with Crippen LogP contribution in [0.2, 0.25) is 0 Å². The van der Waals surface area contributed by atoms with Gasteiger partial charge in [-0.25, -0.2) is 9.78 Å². The molecular formula is C17H13F3N2O2. The Morgan fingerprint density at radius 2 is 2.04 bits per heavy atom. The number of benzene rings is 1. The zero-order valence-electron chi connectivity index (χ0n) is 12.7. The maximum atomic E-state index is 12.9. The summed E-state index contributed by atoms with van der Waals surface area (Å²) in [5.74, 6) is -0.524. The Balaban J connectivity index is 2.09. The number of halogens is 3. The third-order valence-electron chi connectivity index (χ3n) is 3.46. The monoisotopic (exact) mass is 334 g/mol. The third kappa shape index (κ3) is 2.97. The molecule has 1 aromatic carbocycles. The average molecular weight is 334 g/mol. The number of nitrogens with zero attached hydrogens (tertiary/aromatic N) is 2. The number of aromatic nitrogens is 2. The van der Waals surface area contributed by atoms with E-state index in [1.165, 1.54) is 6.07 Å². The first kappa shape index (κ1) is 16.0. The lowest BCUT2D eigenvalue weighted by Crippen LogP contribution is -2.06. The van der Waals surface area contributed by atoms with Gasteiger partial charge in [0.05, 0.1) is 17.9 Å². The van der Waals surface area contributed by atoms with Gasteiger partial charge in [0.1, 0.15) is 5.56 Å². The summed E-state index contributed by atoms with van der Waals surface area (Å²) in [6.07, 6.45) is -1.18. The second-order valence-electron chi connectivity index (χ2n) is 5.08. The van der Waals surface area contributed by atoms with E-state index in [2.05, 4.69) is 4.98 Å². The second-order valence-corrected chi connectivity index (χ2v) is 5.08. The highest BCUT2D eigenvalue weighted by Gasteiger charge is 2.30. The van der Waals surface area contributed by atoms with Crippen molar-refractivity contribution < 1.29 is 22.7 Å². The summed E-state index contributed by atoms with van der Waals surface area (Å²) >= 11 is 0. The van der Waals surface area contributed by atoms with Gasteiger partial charge in [0, 0.05) is 18.0 Å². The summed E-state index contributed by atoms with van der Waals surface area (Å²) in [7, 11) is 0. The molecule has 2 aromatic heterocycles. The van der Waals surface area contributed by atoms with E-state index in [-0.39, 0.29) is 12.2 Å². The number of fused-ring (bicyclic) bond motifs is 1. The first-order valence-electron chi connectivity index (χ1n) is 7.22. The van der Waals surface area contributed by atoms with Crippen molar-refractivity contribution in [1.29, 1.82) is 0 Å². The van der Waals surface area contributed by atoms with E-state index in [0.717, 1.165) is 12.1 Å². The van der Waals surface area contributed by atoms with Gasteiger partial charge in [-0.2, -0.15) is 13.2 Å². The summed E-state index contributed by atoms with van der Waals surface area (Å²) in [4.78, 5) is 16.3. The summed E-state index contributed by atoms with van der Waals surface area (Å²) in [6.45, 7) is 1.92. The number of pyridine rings is 1. The predicted octanol–water partition coefficient (Wildman–Crippen LogP) is 4.20. The fourth-order valence-corrected chi connectivity index (χ4v) is 2.38. The molecule has 24 heavy (non-hydrogen) atoms. The van der Waals surface area contributed by atoms with Gasteiger partial charge in [-0.15, -0.1) is 0 Å². The summed E-state index contributed by atoms with van der Waals surface area (Å²) in [6, 6.07) is 8.12. The molecule has 3 rings (SSSR count). The molecule has 0 bridgehead atoms. The number of hydrogen-bond acceptors (Lipinski definition) is 3. The first-order valence-corrected chi connectivity index (χ1v) is 7.22. The standard InChI is InChI=1S/C17H13F3N2O2/c1-2-24-16(23)13-7-4-8-22-10-14(21-15(13)22)11-5-3-6-12(9-11)17(18,19)20/h3-10H,2H2,1H3. The minimum atomic E-state index is -4.43. The molecule has 0 fully saturated rings. The van der Waals surface area contributed by atoms with Gasteiger partial charge < -0.3 is 9.14 Å². The van der Waals surface area contributed by atoms with Crippen molar-refractivity contribution in [3.8, 4) is 11.3 Å². The fourth-order valence-electron chi connectivity index (χ4n) is 2.38. The number of alkyl halides is 3. The van der Waals surface area contributed by atoms with Gasteiger partial charge in [0.15, 0.2) is 5.65 Å². The first-order chi connectivity index (χ1) is 11.4. The average Bonchev–Trinajstić information content (AvgIpc) is 2.98. The van der Waals surface area contributed by atoms with E-state index >= 15 is 0 Å². The number of ether oxygens (including phenoxy) is 1. The van der Waals surface area contributed by atoms with E-state index in [0.29, 0.717) is 16.9 Å². The van der Waals surface area contributed by atoms with Crippen molar-refractivity contribution in [2.24, 2.45) is 0 Å². The molecule has 0 atom stereocenters. The van der Waals surface area contributed by atoms with Gasteiger partial charge >= 0.3 is 12.1 Å². The van der Waals surface area contributed by atoms with E-state index in [1.807, 2.05) is 0 Å². The normalized spacial score (nSPS) is 11.7. The lowest BCUT2D eigenvalue weighted by molar-refractivity contribution is -0.137. The van der Waals surface area contributed by atoms with Gasteiger partial charge in [-0.05, 0) is 31.2 Å². The Bertz CT molecular complexity index is 900. The summed E-state index contributed by atoms with van der Waals surface area (Å²) in [5, 5.41) is 0. The molecule has 2 heterocycles. The largest absolute Gasteiger partial charge is 0.462 e. The molecule has 124 valence electrons. The molecule has 0 N–H and O–H groups in total. The molecule has 0 spiro atoms. The highest BCUT2D eigenvalue weighted by atomic mass is 19.4. The number of hydrogen-bond donors (Lipinski definition) is 0. The maximum Gasteiger partial charge on any atom is 0.416 e. The van der Waals surface area contributed by atoms with Crippen molar-refractivity contribution in [3.05, 3.63) is 59.9 Å². The Morgan fingerprint density at radius 3 is 2.75 bits per heavy atom. The summed E-state index contributed by atoms with van der Waals surface area (Å²) in [5.41, 5.74) is 0.518. The van der Waals surface area contributed by atoms with E-state index in [4.69, 9.17) is 4.74 Å². The topological polar surface area (TPSA) is 43.6 Å². The number of esters is 1. The molecule has 0 aliphatic carbocycles. The van der Waals surface area contributed by atoms with Crippen LogP contribution in [0.4, 0.5) is 13.2 Å². The molecule has 0 saturated carbocycles. The van der Waals surface area contributed by atoms with Gasteiger partial charge in [-0.1, -0.05) is 12.1 Å². The highest BCUT2D eigenvalue weighted by molar-refractivity contribution is 5.96. The second kappa shape index (κ2) is 5.99. The predicted molar refractivity (Wildman–Crippen MR) is 81.6 cm³/mol. The molecule has 0 saturated heterocycles. The number of imidazole rings is 1. The van der Waals surface area contributed by atoms with Crippen LogP contribution in [-0.2, 0) is 10.9 Å². The quantitative estimate of drug-likeness (QED) is 0.674. The SMILES string of the molecule is CCOC(=O)c1cccn2cc(-c3cccc(C(F)(F)F)c3)nc12. The molecule has 0 amide bonds. The van der Waals surface area contributed by atoms with Crippen molar-refractivity contribution in [1.82, 2.24) is 9.38 Å². The van der Waals surface area contributed by atoms with Crippen molar-refractivity contribution >= 4 is 11.6 Å². The maximum absolute atomic E-state index is 12.9. The van der Waals surface area contributed by atoms with Crippen molar-refractivity contribution in [2.75, 3.05) is 6.61 Å². The molecule has 0 unspecified atom stereocenters. The van der Waals surface area contributed by atoms with Crippen LogP contribution in [0.15, 0.2) is 48.8 Å². The van der Waals surface area contributed by atoms with Crippen LogP contribution in [0.1, 0.15) is 22.8 Å². The Kier molecular flexibility index (Phi) is 4.01. The molecule has 7 heteroatoms. The highest BCUT2D eigenvalue weighted by Crippen LogP contribution is 2.32. The number of rotatable bonds is 3. The summed E-state index contributed by atoms with van der Waals surface area (Å²) < 4.78 is 45.1. The minimum Gasteiger partial charge on any atom is -0.462 e. The van der Waals surface area contributed by atoms with Crippen LogP contribution in [-0.4, -0.2) is 22.0 Å². The van der Waals surface area contributed by atoms with E-state index < -0.39 is 17.7 Å². The van der Waals surface area contributed by atoms with Crippen LogP contribution in [0.5, 0.6) is 0 Å². The lowest BCUT2D eigenvalue weighted by atomic mass is 10.1. The van der Waals surface area contributed by atoms with Crippen LogP contribution in [0.3, 0.4) is 0 Å². The van der Waals surface area contributed by atoms with Crippen LogP contribution < -0.4 is 0 Å². The minimum absolute atomic E-state index is 0.223. The van der Waals surface area contributed by atoms with Crippen LogP contribution in [0.25, 0.3) is 16.9 Å². The fraction of sp³-hybridized carbons (Fsp3) is 0.176. The van der Waals surface area contributed by atoms with Gasteiger partial charge in [-0.3, -0.25) is 0 Å². The molecule has 3 aromatic rings. The van der Waals surface area contributed by atoms with E-state index in [9.17, 15) is 18.0 Å². The van der Waals surface area contributed by atoms with E-state index in [1.54, 1.807) is 41.9 Å². The number of carbonyl (C=O) groups excluding carboxylic acids is 1. The molecular weight excluding hydrogens is 321 g/mol. The Hall–Kier alpha value is -2.83. The molecule has 0 aliphatic heterocycles. The Labute approximate surface area is 135 Å².